The summed E-state index contributed by atoms with van der Waals surface area (Å²) in [6.45, 7) is 4.46. The minimum absolute atomic E-state index is 0.00377. The topological polar surface area (TPSA) is 88.2 Å². The van der Waals surface area contributed by atoms with E-state index in [9.17, 15) is 22.0 Å². The number of carbonyl (C=O) groups excluding carboxylic acids is 1. The number of carbonyl (C=O) groups is 1. The first-order valence-electron chi connectivity index (χ1n) is 14.8. The SMILES string of the molecule is COc1ccc(C(=O)N(CC(C)=Cc2ccc(F)cc2F)CC2CCCN2CC2CCC(NS(C)(=O)=O)CC2)cc1OC. The van der Waals surface area contributed by atoms with Crippen LogP contribution in [0.1, 0.15) is 61.4 Å². The number of hydrogen-bond donors (Lipinski definition) is 1. The predicted molar refractivity (Wildman–Crippen MR) is 164 cm³/mol. The molecule has 2 aromatic carbocycles. The van der Waals surface area contributed by atoms with Crippen molar-refractivity contribution in [3.05, 3.63) is 64.7 Å². The Hall–Kier alpha value is -3.02. The van der Waals surface area contributed by atoms with E-state index in [1.807, 2.05) is 6.92 Å². The highest BCUT2D eigenvalue weighted by Gasteiger charge is 2.32. The van der Waals surface area contributed by atoms with E-state index in [1.165, 1.54) is 32.6 Å². The second-order valence-electron chi connectivity index (χ2n) is 11.8. The quantitative estimate of drug-likeness (QED) is 0.356. The van der Waals surface area contributed by atoms with Crippen molar-refractivity contribution in [3.63, 3.8) is 0 Å². The first kappa shape index (κ1) is 32.9. The van der Waals surface area contributed by atoms with E-state index >= 15 is 0 Å². The Balaban J connectivity index is 1.50. The third-order valence-corrected chi connectivity index (χ3v) is 9.13. The van der Waals surface area contributed by atoms with Gasteiger partial charge in [-0.2, -0.15) is 0 Å². The number of methoxy groups -OCH3 is 2. The Morgan fingerprint density at radius 2 is 1.77 bits per heavy atom. The number of likely N-dealkylation sites (tertiary alicyclic amines) is 1. The molecule has 2 aliphatic rings. The van der Waals surface area contributed by atoms with Crippen LogP contribution in [0.15, 0.2) is 42.0 Å². The fraction of sp³-hybridized carbons (Fsp3) is 0.531. The van der Waals surface area contributed by atoms with Gasteiger partial charge >= 0.3 is 0 Å². The van der Waals surface area contributed by atoms with Crippen molar-refractivity contribution in [2.45, 2.75) is 57.5 Å². The van der Waals surface area contributed by atoms with E-state index in [1.54, 1.807) is 29.2 Å². The summed E-state index contributed by atoms with van der Waals surface area (Å²) in [5.41, 5.74) is 1.49. The van der Waals surface area contributed by atoms with Gasteiger partial charge in [0.25, 0.3) is 5.91 Å². The molecule has 1 heterocycles. The molecule has 1 amide bonds. The first-order chi connectivity index (χ1) is 20.5. The molecule has 2 aromatic rings. The molecule has 0 spiro atoms. The highest BCUT2D eigenvalue weighted by Crippen LogP contribution is 2.31. The number of ether oxygens (including phenoxy) is 2. The number of amides is 1. The van der Waals surface area contributed by atoms with E-state index in [0.29, 0.717) is 29.5 Å². The summed E-state index contributed by atoms with van der Waals surface area (Å²) in [5.74, 6) is -0.0161. The number of nitrogens with one attached hydrogen (secondary N) is 1. The van der Waals surface area contributed by atoms with Crippen LogP contribution in [0.5, 0.6) is 11.5 Å². The number of sulfonamides is 1. The van der Waals surface area contributed by atoms with Gasteiger partial charge in [0, 0.05) is 48.9 Å². The smallest absolute Gasteiger partial charge is 0.254 e. The van der Waals surface area contributed by atoms with Crippen molar-refractivity contribution in [1.82, 2.24) is 14.5 Å². The van der Waals surface area contributed by atoms with Crippen LogP contribution in [-0.4, -0.2) is 82.9 Å². The van der Waals surface area contributed by atoms with Crippen LogP contribution in [0.2, 0.25) is 0 Å². The summed E-state index contributed by atoms with van der Waals surface area (Å²) in [6.07, 6.45) is 8.40. The lowest BCUT2D eigenvalue weighted by Gasteiger charge is -2.35. The summed E-state index contributed by atoms with van der Waals surface area (Å²) >= 11 is 0. The molecule has 2 fully saturated rings. The average molecular weight is 620 g/mol. The summed E-state index contributed by atoms with van der Waals surface area (Å²) in [4.78, 5) is 18.2. The van der Waals surface area contributed by atoms with Crippen molar-refractivity contribution in [2.75, 3.05) is 46.7 Å². The molecule has 1 atom stereocenters. The normalized spacial score (nSPS) is 21.5. The zero-order valence-electron chi connectivity index (χ0n) is 25.4. The van der Waals surface area contributed by atoms with Crippen molar-refractivity contribution in [2.24, 2.45) is 5.92 Å². The van der Waals surface area contributed by atoms with Gasteiger partial charge in [-0.1, -0.05) is 11.6 Å². The monoisotopic (exact) mass is 619 g/mol. The minimum atomic E-state index is -3.21. The molecule has 4 rings (SSSR count). The Labute approximate surface area is 254 Å². The fourth-order valence-electron chi connectivity index (χ4n) is 6.30. The van der Waals surface area contributed by atoms with E-state index in [2.05, 4.69) is 9.62 Å². The molecule has 0 bridgehead atoms. The number of hydrogen-bond acceptors (Lipinski definition) is 6. The molecular formula is C32H43F2N3O5S. The van der Waals surface area contributed by atoms with Gasteiger partial charge in [0.05, 0.1) is 20.5 Å². The number of rotatable bonds is 12. The largest absolute Gasteiger partial charge is 0.493 e. The van der Waals surface area contributed by atoms with Gasteiger partial charge in [0.15, 0.2) is 11.5 Å². The average Bonchev–Trinajstić information content (AvgIpc) is 3.39. The van der Waals surface area contributed by atoms with Gasteiger partial charge in [0.2, 0.25) is 10.0 Å². The van der Waals surface area contributed by atoms with Crippen LogP contribution in [-0.2, 0) is 10.0 Å². The number of benzene rings is 2. The third-order valence-electron chi connectivity index (χ3n) is 8.37. The molecule has 8 nitrogen and oxygen atoms in total. The highest BCUT2D eigenvalue weighted by molar-refractivity contribution is 7.88. The lowest BCUT2D eigenvalue weighted by Crippen LogP contribution is -2.46. The van der Waals surface area contributed by atoms with Crippen LogP contribution < -0.4 is 14.2 Å². The Morgan fingerprint density at radius 1 is 1.05 bits per heavy atom. The molecule has 0 radical (unpaired) electrons. The Kier molecular flexibility index (Phi) is 11.2. The molecule has 1 saturated heterocycles. The number of halogens is 2. The summed E-state index contributed by atoms with van der Waals surface area (Å²) in [7, 11) is -0.152. The van der Waals surface area contributed by atoms with Gasteiger partial charge in [0.1, 0.15) is 11.6 Å². The molecule has 1 aliphatic heterocycles. The standard InChI is InChI=1S/C32H43F2N3O5S/c1-22(16-24-9-11-26(33)18-29(24)34)19-37(32(38)25-10-14-30(41-2)31(17-25)42-3)21-28-6-5-15-36(28)20-23-7-12-27(13-8-23)35-43(4,39)40/h9-11,14,16-18,23,27-28,35H,5-8,12-13,15,19-21H2,1-4H3. The fourth-order valence-corrected chi connectivity index (χ4v) is 7.14. The molecule has 1 N–H and O–H groups in total. The van der Waals surface area contributed by atoms with Crippen LogP contribution in [0.25, 0.3) is 6.08 Å². The Bertz CT molecular complexity index is 1410. The molecule has 43 heavy (non-hydrogen) atoms. The van der Waals surface area contributed by atoms with Crippen LogP contribution in [0.3, 0.4) is 0 Å². The van der Waals surface area contributed by atoms with Crippen LogP contribution in [0, 0.1) is 17.6 Å². The van der Waals surface area contributed by atoms with Gasteiger partial charge in [-0.15, -0.1) is 0 Å². The second kappa shape index (κ2) is 14.6. The zero-order chi connectivity index (χ0) is 31.1. The molecule has 236 valence electrons. The molecule has 0 aromatic heterocycles. The maximum Gasteiger partial charge on any atom is 0.254 e. The summed E-state index contributed by atoms with van der Waals surface area (Å²) in [5, 5.41) is 0. The molecule has 1 aliphatic carbocycles. The highest BCUT2D eigenvalue weighted by atomic mass is 32.2. The molecule has 11 heteroatoms. The zero-order valence-corrected chi connectivity index (χ0v) is 26.3. The third kappa shape index (κ3) is 9.23. The van der Waals surface area contributed by atoms with Crippen LogP contribution in [0.4, 0.5) is 8.78 Å². The molecular weight excluding hydrogens is 576 g/mol. The lowest BCUT2D eigenvalue weighted by molar-refractivity contribution is 0.0708. The molecule has 1 saturated carbocycles. The van der Waals surface area contributed by atoms with Crippen molar-refractivity contribution >= 4 is 22.0 Å². The van der Waals surface area contributed by atoms with Crippen molar-refractivity contribution in [1.29, 1.82) is 0 Å². The van der Waals surface area contributed by atoms with E-state index in [4.69, 9.17) is 9.47 Å². The Morgan fingerprint density at radius 3 is 2.42 bits per heavy atom. The number of nitrogens with zero attached hydrogens (tertiary/aromatic N) is 2. The van der Waals surface area contributed by atoms with Crippen LogP contribution >= 0.6 is 0 Å². The summed E-state index contributed by atoms with van der Waals surface area (Å²) in [6, 6.07) is 8.71. The summed E-state index contributed by atoms with van der Waals surface area (Å²) < 4.78 is 64.7. The lowest BCUT2D eigenvalue weighted by atomic mass is 9.86. The predicted octanol–water partition coefficient (Wildman–Crippen LogP) is 5.10. The van der Waals surface area contributed by atoms with Gasteiger partial charge < -0.3 is 14.4 Å². The van der Waals surface area contributed by atoms with E-state index in [-0.39, 0.29) is 30.1 Å². The van der Waals surface area contributed by atoms with Crippen molar-refractivity contribution in [3.8, 4) is 11.5 Å². The minimum Gasteiger partial charge on any atom is -0.493 e. The van der Waals surface area contributed by atoms with E-state index < -0.39 is 21.7 Å². The van der Waals surface area contributed by atoms with Gasteiger partial charge in [-0.05, 0) is 88.2 Å². The maximum atomic E-state index is 14.4. The van der Waals surface area contributed by atoms with Gasteiger partial charge in [-0.3, -0.25) is 9.69 Å². The second-order valence-corrected chi connectivity index (χ2v) is 13.6. The van der Waals surface area contributed by atoms with Crippen molar-refractivity contribution < 1.29 is 31.5 Å². The van der Waals surface area contributed by atoms with Gasteiger partial charge in [-0.25, -0.2) is 21.9 Å². The molecule has 1 unspecified atom stereocenters. The first-order valence-corrected chi connectivity index (χ1v) is 16.7. The van der Waals surface area contributed by atoms with E-state index in [0.717, 1.165) is 63.3 Å². The maximum absolute atomic E-state index is 14.4.